The molecule has 0 aliphatic carbocycles. The van der Waals surface area contributed by atoms with E-state index in [-0.39, 0.29) is 5.97 Å². The predicted molar refractivity (Wildman–Crippen MR) is 51.8 cm³/mol. The van der Waals surface area contributed by atoms with Crippen LogP contribution in [0, 0.1) is 6.92 Å². The van der Waals surface area contributed by atoms with E-state index in [0.717, 1.165) is 17.3 Å². The van der Waals surface area contributed by atoms with Crippen LogP contribution in [-0.4, -0.2) is 17.6 Å². The van der Waals surface area contributed by atoms with Crippen LogP contribution >= 0.6 is 11.8 Å². The van der Waals surface area contributed by atoms with Gasteiger partial charge in [-0.1, -0.05) is 0 Å². The van der Waals surface area contributed by atoms with Crippen LogP contribution in [0.5, 0.6) is 0 Å². The van der Waals surface area contributed by atoms with Crippen molar-refractivity contribution in [3.63, 3.8) is 0 Å². The van der Waals surface area contributed by atoms with Gasteiger partial charge in [0.05, 0.1) is 18.6 Å². The lowest BCUT2D eigenvalue weighted by Crippen LogP contribution is -2.03. The normalized spacial score (nSPS) is 14.3. The average Bonchev–Trinajstić information content (AvgIpc) is 2.68. The first-order valence-electron chi connectivity index (χ1n) is 4.09. The van der Waals surface area contributed by atoms with Crippen molar-refractivity contribution in [2.24, 2.45) is 0 Å². The highest BCUT2D eigenvalue weighted by atomic mass is 32.2. The third-order valence-corrected chi connectivity index (χ3v) is 3.27. The fraction of sp³-hybridized carbons (Fsp3) is 0.444. The molecule has 2 rings (SSSR count). The van der Waals surface area contributed by atoms with Crippen LogP contribution in [-0.2, 0) is 16.4 Å². The van der Waals surface area contributed by atoms with Crippen molar-refractivity contribution in [1.82, 2.24) is 4.57 Å². The third-order valence-electron chi connectivity index (χ3n) is 2.33. The second-order valence-electron chi connectivity index (χ2n) is 3.03. The van der Waals surface area contributed by atoms with Crippen LogP contribution in [0.15, 0.2) is 6.07 Å². The Labute approximate surface area is 81.1 Å². The Bertz CT molecular complexity index is 357. The van der Waals surface area contributed by atoms with Crippen LogP contribution in [0.3, 0.4) is 0 Å². The molecule has 0 spiro atoms. The summed E-state index contributed by atoms with van der Waals surface area (Å²) in [6, 6.07) is 1.93. The Morgan fingerprint density at radius 1 is 1.69 bits per heavy atom. The zero-order valence-corrected chi connectivity index (χ0v) is 8.48. The summed E-state index contributed by atoms with van der Waals surface area (Å²) in [5, 5.41) is 0. The number of hydrogen-bond acceptors (Lipinski definition) is 3. The van der Waals surface area contributed by atoms with Crippen molar-refractivity contribution in [2.45, 2.75) is 18.6 Å². The van der Waals surface area contributed by atoms with Crippen molar-refractivity contribution < 1.29 is 9.53 Å². The van der Waals surface area contributed by atoms with Gasteiger partial charge in [-0.3, -0.25) is 0 Å². The topological polar surface area (TPSA) is 31.2 Å². The van der Waals surface area contributed by atoms with Crippen molar-refractivity contribution >= 4 is 17.7 Å². The first-order valence-corrected chi connectivity index (χ1v) is 5.24. The van der Waals surface area contributed by atoms with Crippen LogP contribution in [0.25, 0.3) is 0 Å². The minimum atomic E-state index is -0.232. The summed E-state index contributed by atoms with van der Waals surface area (Å²) >= 11 is 1.86. The maximum atomic E-state index is 11.3. The number of aromatic nitrogens is 1. The van der Waals surface area contributed by atoms with Crippen LogP contribution < -0.4 is 0 Å². The molecule has 1 aromatic rings. The van der Waals surface area contributed by atoms with E-state index in [2.05, 4.69) is 4.57 Å². The highest BCUT2D eigenvalue weighted by Gasteiger charge is 2.20. The first-order chi connectivity index (χ1) is 6.24. The number of rotatable bonds is 1. The fourth-order valence-electron chi connectivity index (χ4n) is 1.57. The fourth-order valence-corrected chi connectivity index (χ4v) is 2.65. The summed E-state index contributed by atoms with van der Waals surface area (Å²) in [6.07, 6.45) is 0. The summed E-state index contributed by atoms with van der Waals surface area (Å²) in [7, 11) is 1.42. The lowest BCUT2D eigenvalue weighted by Gasteiger charge is -2.01. The molecular formula is C9H11NO2S. The molecule has 0 N–H and O–H groups in total. The maximum absolute atomic E-state index is 11.3. The van der Waals surface area contributed by atoms with Crippen molar-refractivity contribution in [2.75, 3.05) is 7.11 Å². The molecule has 1 aliphatic heterocycles. The van der Waals surface area contributed by atoms with E-state index >= 15 is 0 Å². The Morgan fingerprint density at radius 3 is 3.08 bits per heavy atom. The molecule has 0 saturated heterocycles. The predicted octanol–water partition coefficient (Wildman–Crippen LogP) is 1.79. The molecule has 2 heterocycles. The molecule has 13 heavy (non-hydrogen) atoms. The summed E-state index contributed by atoms with van der Waals surface area (Å²) in [5.41, 5.74) is 2.95. The smallest absolute Gasteiger partial charge is 0.339 e. The zero-order chi connectivity index (χ0) is 9.42. The minimum absolute atomic E-state index is 0.232. The van der Waals surface area contributed by atoms with Gasteiger partial charge in [0.2, 0.25) is 0 Å². The van der Waals surface area contributed by atoms with Crippen LogP contribution in [0.1, 0.15) is 21.7 Å². The first kappa shape index (κ1) is 8.69. The van der Waals surface area contributed by atoms with E-state index in [4.69, 9.17) is 4.74 Å². The lowest BCUT2D eigenvalue weighted by atomic mass is 10.2. The van der Waals surface area contributed by atoms with Gasteiger partial charge in [-0.05, 0) is 13.0 Å². The maximum Gasteiger partial charge on any atom is 0.339 e. The quantitative estimate of drug-likeness (QED) is 0.643. The Balaban J connectivity index is 2.44. The molecular weight excluding hydrogens is 186 g/mol. The van der Waals surface area contributed by atoms with Crippen LogP contribution in [0.4, 0.5) is 0 Å². The number of carbonyl (C=O) groups excluding carboxylic acids is 1. The molecule has 4 heteroatoms. The number of esters is 1. The van der Waals surface area contributed by atoms with E-state index in [0.29, 0.717) is 5.56 Å². The van der Waals surface area contributed by atoms with E-state index in [1.807, 2.05) is 24.8 Å². The number of fused-ring (bicyclic) bond motifs is 1. The van der Waals surface area contributed by atoms with Gasteiger partial charge in [0.25, 0.3) is 0 Å². The molecule has 0 radical (unpaired) electrons. The number of nitrogens with zero attached hydrogens (tertiary/aromatic N) is 1. The number of carbonyl (C=O) groups is 1. The molecule has 70 valence electrons. The SMILES string of the molecule is COC(=O)c1cc2n(c1C)CSC2. The van der Waals surface area contributed by atoms with E-state index in [1.54, 1.807) is 0 Å². The van der Waals surface area contributed by atoms with Crippen LogP contribution in [0.2, 0.25) is 0 Å². The van der Waals surface area contributed by atoms with Crippen molar-refractivity contribution in [1.29, 1.82) is 0 Å². The molecule has 0 fully saturated rings. The molecule has 0 amide bonds. The number of ether oxygens (including phenoxy) is 1. The van der Waals surface area contributed by atoms with Crippen molar-refractivity contribution in [3.05, 3.63) is 23.0 Å². The molecule has 0 aromatic carbocycles. The molecule has 0 saturated carbocycles. The molecule has 0 unspecified atom stereocenters. The standard InChI is InChI=1S/C9H11NO2S/c1-6-8(9(11)12-2)3-7-4-13-5-10(6)7/h3H,4-5H2,1-2H3. The lowest BCUT2D eigenvalue weighted by molar-refractivity contribution is 0.0600. The van der Waals surface area contributed by atoms with Gasteiger partial charge in [0.1, 0.15) is 0 Å². The van der Waals surface area contributed by atoms with Gasteiger partial charge < -0.3 is 9.30 Å². The molecule has 0 atom stereocenters. The number of hydrogen-bond donors (Lipinski definition) is 0. The van der Waals surface area contributed by atoms with E-state index < -0.39 is 0 Å². The summed E-state index contributed by atoms with van der Waals surface area (Å²) in [4.78, 5) is 11.3. The summed E-state index contributed by atoms with van der Waals surface area (Å²) in [6.45, 7) is 1.96. The van der Waals surface area contributed by atoms with Gasteiger partial charge in [-0.25, -0.2) is 4.79 Å². The summed E-state index contributed by atoms with van der Waals surface area (Å²) < 4.78 is 6.86. The van der Waals surface area contributed by atoms with Gasteiger partial charge >= 0.3 is 5.97 Å². The third kappa shape index (κ3) is 1.25. The minimum Gasteiger partial charge on any atom is -0.465 e. The van der Waals surface area contributed by atoms with Gasteiger partial charge in [0.15, 0.2) is 0 Å². The average molecular weight is 197 g/mol. The van der Waals surface area contributed by atoms with E-state index in [1.165, 1.54) is 12.8 Å². The van der Waals surface area contributed by atoms with Gasteiger partial charge in [0, 0.05) is 17.1 Å². The zero-order valence-electron chi connectivity index (χ0n) is 7.66. The highest BCUT2D eigenvalue weighted by Crippen LogP contribution is 2.29. The second kappa shape index (κ2) is 3.10. The Hall–Kier alpha value is -0.900. The Morgan fingerprint density at radius 2 is 2.46 bits per heavy atom. The summed E-state index contributed by atoms with van der Waals surface area (Å²) in [5.74, 6) is 1.72. The molecule has 3 nitrogen and oxygen atoms in total. The monoisotopic (exact) mass is 197 g/mol. The number of thioether (sulfide) groups is 1. The molecule has 1 aromatic heterocycles. The molecule has 1 aliphatic rings. The van der Waals surface area contributed by atoms with Gasteiger partial charge in [-0.15, -0.1) is 11.8 Å². The second-order valence-corrected chi connectivity index (χ2v) is 3.99. The molecule has 0 bridgehead atoms. The number of methoxy groups -OCH3 is 1. The van der Waals surface area contributed by atoms with E-state index in [9.17, 15) is 4.79 Å². The van der Waals surface area contributed by atoms with Gasteiger partial charge in [-0.2, -0.15) is 0 Å². The highest BCUT2D eigenvalue weighted by molar-refractivity contribution is 7.97. The van der Waals surface area contributed by atoms with Crippen molar-refractivity contribution in [3.8, 4) is 0 Å². The Kier molecular flexibility index (Phi) is 2.07. The largest absolute Gasteiger partial charge is 0.465 e.